The van der Waals surface area contributed by atoms with Crippen LogP contribution in [0.25, 0.3) is 0 Å². The lowest BCUT2D eigenvalue weighted by Crippen LogP contribution is -2.07. The maximum atomic E-state index is 11.2. The van der Waals surface area contributed by atoms with Gasteiger partial charge in [-0.3, -0.25) is 4.79 Å². The van der Waals surface area contributed by atoms with E-state index in [-0.39, 0.29) is 23.1 Å². The van der Waals surface area contributed by atoms with E-state index in [9.17, 15) is 4.79 Å². The fraction of sp³-hybridized carbons (Fsp3) is 0. The van der Waals surface area contributed by atoms with Gasteiger partial charge in [0.2, 0.25) is 23.1 Å². The molecule has 0 aliphatic carbocycles. The van der Waals surface area contributed by atoms with E-state index in [4.69, 9.17) is 17.3 Å². The lowest BCUT2D eigenvalue weighted by Gasteiger charge is -2.07. The van der Waals surface area contributed by atoms with Gasteiger partial charge in [-0.25, -0.2) is 0 Å². The van der Waals surface area contributed by atoms with Crippen molar-refractivity contribution in [2.24, 2.45) is 0 Å². The number of benzene rings is 1. The lowest BCUT2D eigenvalue weighted by molar-refractivity contribution is -0.111. The van der Waals surface area contributed by atoms with Crippen molar-refractivity contribution >= 4 is 40.8 Å². The minimum Gasteiger partial charge on any atom is -0.368 e. The minimum atomic E-state index is -0.297. The van der Waals surface area contributed by atoms with Gasteiger partial charge in [-0.15, -0.1) is 0 Å². The second kappa shape index (κ2) is 5.98. The van der Waals surface area contributed by atoms with Gasteiger partial charge < -0.3 is 16.4 Å². The van der Waals surface area contributed by atoms with E-state index >= 15 is 0 Å². The van der Waals surface area contributed by atoms with Crippen molar-refractivity contribution in [3.8, 4) is 0 Å². The van der Waals surface area contributed by atoms with Crippen LogP contribution in [0.1, 0.15) is 0 Å². The average molecular weight is 291 g/mol. The van der Waals surface area contributed by atoms with Gasteiger partial charge >= 0.3 is 0 Å². The molecule has 4 N–H and O–H groups in total. The molecular weight excluding hydrogens is 280 g/mol. The molecule has 8 heteroatoms. The first-order valence-electron chi connectivity index (χ1n) is 5.54. The highest BCUT2D eigenvalue weighted by Crippen LogP contribution is 2.19. The molecule has 0 spiro atoms. The molecule has 1 amide bonds. The topological polar surface area (TPSA) is 106 Å². The van der Waals surface area contributed by atoms with Crippen LogP contribution < -0.4 is 16.4 Å². The summed E-state index contributed by atoms with van der Waals surface area (Å²) in [6.07, 6.45) is 1.19. The van der Waals surface area contributed by atoms with Crippen LogP contribution in [0.3, 0.4) is 0 Å². The molecule has 0 atom stereocenters. The van der Waals surface area contributed by atoms with Crippen LogP contribution in [0.15, 0.2) is 36.9 Å². The molecule has 20 heavy (non-hydrogen) atoms. The van der Waals surface area contributed by atoms with Gasteiger partial charge in [-0.2, -0.15) is 15.0 Å². The Morgan fingerprint density at radius 2 is 2.05 bits per heavy atom. The summed E-state index contributed by atoms with van der Waals surface area (Å²) in [6, 6.07) is 6.97. The van der Waals surface area contributed by atoms with Gasteiger partial charge in [0.25, 0.3) is 0 Å². The number of amides is 1. The molecule has 1 aromatic heterocycles. The van der Waals surface area contributed by atoms with E-state index in [1.165, 1.54) is 6.08 Å². The maximum absolute atomic E-state index is 11.2. The van der Waals surface area contributed by atoms with Gasteiger partial charge in [-0.1, -0.05) is 12.6 Å². The molecule has 0 saturated heterocycles. The third-order valence-corrected chi connectivity index (χ3v) is 2.37. The molecule has 1 heterocycles. The van der Waals surface area contributed by atoms with Gasteiger partial charge in [0, 0.05) is 11.4 Å². The molecule has 2 aromatic rings. The zero-order valence-electron chi connectivity index (χ0n) is 10.3. The Hall–Kier alpha value is -2.67. The van der Waals surface area contributed by atoms with E-state index in [1.54, 1.807) is 24.3 Å². The SMILES string of the molecule is C=CC(=O)Nc1cccc(Nc2nc(N)nc(Cl)n2)c1. The predicted octanol–water partition coefficient (Wildman–Crippen LogP) is 1.98. The highest BCUT2D eigenvalue weighted by Gasteiger charge is 2.04. The standard InChI is InChI=1S/C12H11ClN6O/c1-2-9(20)15-7-4-3-5-8(6-7)16-12-18-10(13)17-11(14)19-12/h2-6H,1H2,(H,15,20)(H3,14,16,17,18,19). The number of nitrogen functional groups attached to an aromatic ring is 1. The van der Waals surface area contributed by atoms with Crippen molar-refractivity contribution in [2.75, 3.05) is 16.4 Å². The first-order chi connectivity index (χ1) is 9.56. The Morgan fingerprint density at radius 1 is 1.30 bits per heavy atom. The quantitative estimate of drug-likeness (QED) is 0.743. The molecule has 0 fully saturated rings. The summed E-state index contributed by atoms with van der Waals surface area (Å²) in [5, 5.41) is 5.55. The van der Waals surface area contributed by atoms with E-state index < -0.39 is 0 Å². The normalized spacial score (nSPS) is 9.85. The first-order valence-corrected chi connectivity index (χ1v) is 5.92. The number of nitrogens with zero attached hydrogens (tertiary/aromatic N) is 3. The number of nitrogens with one attached hydrogen (secondary N) is 2. The van der Waals surface area contributed by atoms with Crippen LogP contribution in [0.5, 0.6) is 0 Å². The zero-order valence-corrected chi connectivity index (χ0v) is 11.1. The molecule has 0 unspecified atom stereocenters. The molecular formula is C12H11ClN6O. The Morgan fingerprint density at radius 3 is 2.75 bits per heavy atom. The summed E-state index contributed by atoms with van der Waals surface area (Å²) in [4.78, 5) is 22.7. The van der Waals surface area contributed by atoms with Crippen molar-refractivity contribution in [2.45, 2.75) is 0 Å². The lowest BCUT2D eigenvalue weighted by atomic mass is 10.2. The Kier molecular flexibility index (Phi) is 4.11. The van der Waals surface area contributed by atoms with Crippen LogP contribution in [-0.2, 0) is 4.79 Å². The number of halogens is 1. The van der Waals surface area contributed by atoms with Crippen LogP contribution >= 0.6 is 11.6 Å². The highest BCUT2D eigenvalue weighted by atomic mass is 35.5. The number of aromatic nitrogens is 3. The summed E-state index contributed by atoms with van der Waals surface area (Å²) in [5.41, 5.74) is 6.74. The largest absolute Gasteiger partial charge is 0.368 e. The summed E-state index contributed by atoms with van der Waals surface area (Å²) >= 11 is 5.68. The number of hydrogen-bond donors (Lipinski definition) is 3. The number of anilines is 4. The van der Waals surface area contributed by atoms with Gasteiger partial charge in [0.05, 0.1) is 0 Å². The average Bonchev–Trinajstić information content (AvgIpc) is 2.37. The van der Waals surface area contributed by atoms with Gasteiger partial charge in [0.1, 0.15) is 0 Å². The molecule has 0 aliphatic rings. The molecule has 2 rings (SSSR count). The van der Waals surface area contributed by atoms with Gasteiger partial charge in [0.15, 0.2) is 0 Å². The van der Waals surface area contributed by atoms with E-state index in [0.29, 0.717) is 11.4 Å². The van der Waals surface area contributed by atoms with Crippen molar-refractivity contribution in [3.05, 3.63) is 42.2 Å². The zero-order chi connectivity index (χ0) is 14.5. The Labute approximate surface area is 119 Å². The van der Waals surface area contributed by atoms with Crippen LogP contribution in [-0.4, -0.2) is 20.9 Å². The minimum absolute atomic E-state index is 0.00360. The van der Waals surface area contributed by atoms with E-state index in [2.05, 4.69) is 32.2 Å². The highest BCUT2D eigenvalue weighted by molar-refractivity contribution is 6.28. The van der Waals surface area contributed by atoms with Crippen LogP contribution in [0, 0.1) is 0 Å². The molecule has 7 nitrogen and oxygen atoms in total. The molecule has 0 aliphatic heterocycles. The number of hydrogen-bond acceptors (Lipinski definition) is 6. The van der Waals surface area contributed by atoms with Crippen molar-refractivity contribution in [1.82, 2.24) is 15.0 Å². The van der Waals surface area contributed by atoms with Crippen molar-refractivity contribution < 1.29 is 4.79 Å². The first kappa shape index (κ1) is 13.8. The number of nitrogens with two attached hydrogens (primary N) is 1. The fourth-order valence-corrected chi connectivity index (χ4v) is 1.59. The van der Waals surface area contributed by atoms with Crippen LogP contribution in [0.4, 0.5) is 23.3 Å². The van der Waals surface area contributed by atoms with E-state index in [1.807, 2.05) is 0 Å². The number of carbonyl (C=O) groups excluding carboxylic acids is 1. The predicted molar refractivity (Wildman–Crippen MR) is 77.8 cm³/mol. The Bertz CT molecular complexity index is 640. The van der Waals surface area contributed by atoms with Crippen LogP contribution in [0.2, 0.25) is 5.28 Å². The smallest absolute Gasteiger partial charge is 0.247 e. The van der Waals surface area contributed by atoms with Gasteiger partial charge in [-0.05, 0) is 35.9 Å². The second-order valence-electron chi connectivity index (χ2n) is 3.69. The second-order valence-corrected chi connectivity index (χ2v) is 4.02. The van der Waals surface area contributed by atoms with Crippen molar-refractivity contribution in [3.63, 3.8) is 0 Å². The molecule has 0 bridgehead atoms. The fourth-order valence-electron chi connectivity index (χ4n) is 1.42. The summed E-state index contributed by atoms with van der Waals surface area (Å²) < 4.78 is 0. The summed E-state index contributed by atoms with van der Waals surface area (Å²) in [6.45, 7) is 3.38. The maximum Gasteiger partial charge on any atom is 0.247 e. The molecule has 1 aromatic carbocycles. The molecule has 0 radical (unpaired) electrons. The van der Waals surface area contributed by atoms with Crippen molar-refractivity contribution in [1.29, 1.82) is 0 Å². The molecule has 0 saturated carbocycles. The monoisotopic (exact) mass is 290 g/mol. The number of carbonyl (C=O) groups is 1. The number of rotatable bonds is 4. The molecule has 102 valence electrons. The summed E-state index contributed by atoms with van der Waals surface area (Å²) in [5.74, 6) is -0.0621. The summed E-state index contributed by atoms with van der Waals surface area (Å²) in [7, 11) is 0. The third-order valence-electron chi connectivity index (χ3n) is 2.20. The third kappa shape index (κ3) is 3.66. The van der Waals surface area contributed by atoms with E-state index in [0.717, 1.165) is 0 Å². The Balaban J connectivity index is 2.18.